The molecule has 0 aromatic carbocycles. The zero-order valence-corrected chi connectivity index (χ0v) is 17.1. The number of hydrogen-bond donors (Lipinski definition) is 3. The Morgan fingerprint density at radius 1 is 1.12 bits per heavy atom. The fraction of sp³-hybridized carbons (Fsp3) is 0.500. The molecule has 6 rings (SSSR count). The molecule has 2 bridgehead atoms. The number of piperazine rings is 1. The van der Waals surface area contributed by atoms with Gasteiger partial charge < -0.3 is 16.4 Å². The zero-order valence-electron chi connectivity index (χ0n) is 17.1. The highest BCUT2D eigenvalue weighted by molar-refractivity contribution is 6.07. The predicted molar refractivity (Wildman–Crippen MR) is 107 cm³/mol. The number of aromatic nitrogens is 3. The summed E-state index contributed by atoms with van der Waals surface area (Å²) in [6.07, 6.45) is -0.468. The molecule has 0 unspecified atom stereocenters. The van der Waals surface area contributed by atoms with E-state index in [2.05, 4.69) is 25.6 Å². The van der Waals surface area contributed by atoms with Gasteiger partial charge in [-0.15, -0.1) is 0 Å². The van der Waals surface area contributed by atoms with Gasteiger partial charge in [-0.05, 0) is 31.4 Å². The lowest BCUT2D eigenvalue weighted by Gasteiger charge is -2.74. The lowest BCUT2D eigenvalue weighted by molar-refractivity contribution is -0.213. The fourth-order valence-corrected chi connectivity index (χ4v) is 5.20. The predicted octanol–water partition coefficient (Wildman–Crippen LogP) is 1.18. The smallest absolute Gasteiger partial charge is 0.364 e. The van der Waals surface area contributed by atoms with Gasteiger partial charge in [-0.3, -0.25) is 19.2 Å². The van der Waals surface area contributed by atoms with Crippen molar-refractivity contribution in [1.29, 1.82) is 0 Å². The first kappa shape index (κ1) is 20.9. The first-order valence-corrected chi connectivity index (χ1v) is 10.3. The van der Waals surface area contributed by atoms with Gasteiger partial charge in [-0.25, -0.2) is 4.98 Å². The fourth-order valence-electron chi connectivity index (χ4n) is 5.20. The summed E-state index contributed by atoms with van der Waals surface area (Å²) >= 11 is 0. The van der Waals surface area contributed by atoms with E-state index in [4.69, 9.17) is 5.73 Å². The summed E-state index contributed by atoms with van der Waals surface area (Å²) in [7, 11) is 0. The Kier molecular flexibility index (Phi) is 4.57. The van der Waals surface area contributed by atoms with E-state index in [-0.39, 0.29) is 22.5 Å². The van der Waals surface area contributed by atoms with Crippen LogP contribution in [-0.2, 0) is 11.7 Å². The largest absolute Gasteiger partial charge is 0.433 e. The Labute approximate surface area is 181 Å². The van der Waals surface area contributed by atoms with Crippen LogP contribution in [0.15, 0.2) is 24.4 Å². The number of amides is 2. The summed E-state index contributed by atoms with van der Waals surface area (Å²) in [5.41, 5.74) is 3.69. The van der Waals surface area contributed by atoms with E-state index < -0.39 is 29.4 Å². The maximum Gasteiger partial charge on any atom is 0.433 e. The maximum atomic E-state index is 12.9. The summed E-state index contributed by atoms with van der Waals surface area (Å²) in [5, 5.41) is 10.1. The number of hydrogen-bond acceptors (Lipinski definition) is 6. The van der Waals surface area contributed by atoms with Crippen LogP contribution in [0.25, 0.3) is 0 Å². The molecule has 1 saturated heterocycles. The monoisotopic (exact) mass is 449 g/mol. The van der Waals surface area contributed by atoms with E-state index in [1.54, 1.807) is 4.68 Å². The highest BCUT2D eigenvalue weighted by atomic mass is 19.4. The van der Waals surface area contributed by atoms with E-state index >= 15 is 0 Å². The average molecular weight is 449 g/mol. The number of nitrogens with zero attached hydrogens (tertiary/aromatic N) is 4. The molecule has 2 aromatic rings. The highest BCUT2D eigenvalue weighted by Crippen LogP contribution is 2.67. The van der Waals surface area contributed by atoms with E-state index in [1.165, 1.54) is 6.20 Å². The molecule has 1 aliphatic heterocycles. The Bertz CT molecular complexity index is 1070. The molecule has 32 heavy (non-hydrogen) atoms. The third kappa shape index (κ3) is 3.25. The molecule has 170 valence electrons. The zero-order chi connectivity index (χ0) is 22.7. The van der Waals surface area contributed by atoms with Crippen molar-refractivity contribution in [3.8, 4) is 0 Å². The van der Waals surface area contributed by atoms with Crippen LogP contribution in [-0.4, -0.2) is 63.2 Å². The summed E-state index contributed by atoms with van der Waals surface area (Å²) in [5.74, 6) is -1.72. The van der Waals surface area contributed by atoms with Crippen LogP contribution in [0.3, 0.4) is 0 Å². The number of nitrogens with two attached hydrogens (primary N) is 1. The van der Waals surface area contributed by atoms with Crippen LogP contribution in [0.1, 0.15) is 45.9 Å². The molecular weight excluding hydrogens is 427 g/mol. The molecule has 4 aliphatic rings. The minimum atomic E-state index is -4.68. The second kappa shape index (κ2) is 7.01. The maximum absolute atomic E-state index is 12.9. The Hall–Kier alpha value is -2.99. The van der Waals surface area contributed by atoms with E-state index in [1.807, 2.05) is 0 Å². The molecule has 3 heterocycles. The van der Waals surface area contributed by atoms with Crippen molar-refractivity contribution < 1.29 is 22.8 Å². The second-order valence-electron chi connectivity index (χ2n) is 8.78. The molecule has 9 nitrogen and oxygen atoms in total. The van der Waals surface area contributed by atoms with Crippen molar-refractivity contribution in [1.82, 2.24) is 25.0 Å². The van der Waals surface area contributed by atoms with Crippen LogP contribution in [0.4, 0.5) is 18.9 Å². The number of primary amides is 1. The van der Waals surface area contributed by atoms with E-state index in [0.717, 1.165) is 63.6 Å². The van der Waals surface area contributed by atoms with Gasteiger partial charge in [-0.1, -0.05) is 6.07 Å². The average Bonchev–Trinajstić information content (AvgIpc) is 3.10. The van der Waals surface area contributed by atoms with Crippen LogP contribution < -0.4 is 16.4 Å². The number of halogens is 3. The van der Waals surface area contributed by atoms with Crippen molar-refractivity contribution >= 4 is 17.5 Å². The number of carbonyl (C=O) groups excluding carboxylic acids is 2. The number of nitrogens with one attached hydrogen (secondary N) is 2. The van der Waals surface area contributed by atoms with Crippen molar-refractivity contribution in [2.75, 3.05) is 31.5 Å². The number of alkyl halides is 3. The van der Waals surface area contributed by atoms with Crippen molar-refractivity contribution in [3.05, 3.63) is 41.5 Å². The SMILES string of the molecule is NC(=O)c1nn(C23CC(N4CCNCC4)(C2)C3)cc1NC(=O)c1cccc(C(F)(F)F)n1. The number of carbonyl (C=O) groups is 2. The summed E-state index contributed by atoms with van der Waals surface area (Å²) in [6.45, 7) is 3.91. The molecule has 12 heteroatoms. The number of anilines is 1. The van der Waals surface area contributed by atoms with Crippen molar-refractivity contribution in [2.45, 2.75) is 36.5 Å². The Balaban J connectivity index is 1.34. The van der Waals surface area contributed by atoms with Crippen LogP contribution in [0, 0.1) is 0 Å². The van der Waals surface area contributed by atoms with Crippen molar-refractivity contribution in [3.63, 3.8) is 0 Å². The third-order valence-electron chi connectivity index (χ3n) is 6.72. The third-order valence-corrected chi connectivity index (χ3v) is 6.72. The molecule has 0 spiro atoms. The molecule has 3 aliphatic carbocycles. The quantitative estimate of drug-likeness (QED) is 0.631. The van der Waals surface area contributed by atoms with Gasteiger partial charge in [0.1, 0.15) is 11.4 Å². The van der Waals surface area contributed by atoms with E-state index in [9.17, 15) is 22.8 Å². The van der Waals surface area contributed by atoms with Gasteiger partial charge in [-0.2, -0.15) is 18.3 Å². The normalized spacial score (nSPS) is 27.3. The summed E-state index contributed by atoms with van der Waals surface area (Å²) < 4.78 is 40.4. The lowest BCUT2D eigenvalue weighted by atomic mass is 9.43. The Morgan fingerprint density at radius 2 is 1.81 bits per heavy atom. The lowest BCUT2D eigenvalue weighted by Crippen LogP contribution is -2.80. The number of rotatable bonds is 5. The van der Waals surface area contributed by atoms with Crippen LogP contribution in [0.2, 0.25) is 0 Å². The van der Waals surface area contributed by atoms with Gasteiger partial charge >= 0.3 is 6.18 Å². The minimum Gasteiger partial charge on any atom is -0.364 e. The van der Waals surface area contributed by atoms with Gasteiger partial charge in [0.05, 0.1) is 17.4 Å². The first-order chi connectivity index (χ1) is 15.1. The molecular formula is C20H22F3N7O2. The summed E-state index contributed by atoms with van der Waals surface area (Å²) in [6, 6.07) is 3.04. The summed E-state index contributed by atoms with van der Waals surface area (Å²) in [4.78, 5) is 30.3. The second-order valence-corrected chi connectivity index (χ2v) is 8.78. The molecule has 0 radical (unpaired) electrons. The molecule has 4 fully saturated rings. The van der Waals surface area contributed by atoms with Gasteiger partial charge in [0.15, 0.2) is 5.69 Å². The van der Waals surface area contributed by atoms with Gasteiger partial charge in [0.2, 0.25) is 0 Å². The molecule has 0 atom stereocenters. The van der Waals surface area contributed by atoms with Gasteiger partial charge in [0.25, 0.3) is 11.8 Å². The van der Waals surface area contributed by atoms with Crippen LogP contribution in [0.5, 0.6) is 0 Å². The highest BCUT2D eigenvalue weighted by Gasteiger charge is 2.71. The minimum absolute atomic E-state index is 0.0580. The van der Waals surface area contributed by atoms with E-state index in [0.29, 0.717) is 0 Å². The van der Waals surface area contributed by atoms with Gasteiger partial charge in [0, 0.05) is 31.7 Å². The van der Waals surface area contributed by atoms with Crippen LogP contribution >= 0.6 is 0 Å². The molecule has 2 aromatic heterocycles. The topological polar surface area (TPSA) is 118 Å². The standard InChI is InChI=1S/C20H22F3N7O2/c21-20(22,23)14-3-1-2-12(26-14)17(32)27-13-8-30(28-15(13)16(24)31)19-9-18(10-19,11-19)29-6-4-25-5-7-29/h1-3,8,25H,4-7,9-11H2,(H2,24,31)(H,27,32). The molecule has 4 N–H and O–H groups in total. The van der Waals surface area contributed by atoms with Crippen molar-refractivity contribution in [2.24, 2.45) is 5.73 Å². The number of pyridine rings is 1. The first-order valence-electron chi connectivity index (χ1n) is 10.3. The molecule has 3 saturated carbocycles. The Morgan fingerprint density at radius 3 is 2.44 bits per heavy atom. The molecule has 2 amide bonds.